The maximum Gasteiger partial charge on any atom is 0.256 e. The monoisotopic (exact) mass is 309 g/mol. The smallest absolute Gasteiger partial charge is 0.256 e. The normalized spacial score (nSPS) is 10.3. The maximum absolute atomic E-state index is 12.3. The van der Waals surface area contributed by atoms with Gasteiger partial charge in [-0.2, -0.15) is 0 Å². The summed E-state index contributed by atoms with van der Waals surface area (Å²) in [6.07, 6.45) is 1.38. The van der Waals surface area contributed by atoms with Crippen LogP contribution in [0.25, 0.3) is 0 Å². The molecule has 2 rings (SSSR count). The number of anilines is 1. The van der Waals surface area contributed by atoms with Crippen molar-refractivity contribution in [2.75, 3.05) is 12.8 Å². The second-order valence-electron chi connectivity index (χ2n) is 4.38. The van der Waals surface area contributed by atoms with E-state index >= 15 is 0 Å². The predicted octanol–water partition coefficient (Wildman–Crippen LogP) is 3.24. The van der Waals surface area contributed by atoms with E-state index in [2.05, 4.69) is 4.98 Å². The maximum atomic E-state index is 12.3. The molecule has 0 fully saturated rings. The number of pyridine rings is 1. The van der Waals surface area contributed by atoms with Gasteiger partial charge in [0.25, 0.3) is 5.91 Å². The zero-order valence-corrected chi connectivity index (χ0v) is 12.3. The summed E-state index contributed by atoms with van der Waals surface area (Å²) in [4.78, 5) is 17.7. The third-order valence-corrected chi connectivity index (χ3v) is 3.27. The number of hydrogen-bond acceptors (Lipinski definition) is 3. The fraction of sp³-hybridized carbons (Fsp3) is 0.143. The topological polar surface area (TPSA) is 59.2 Å². The van der Waals surface area contributed by atoms with Gasteiger partial charge in [0.05, 0.1) is 17.4 Å². The number of hydrogen-bond donors (Lipinski definition) is 1. The van der Waals surface area contributed by atoms with Crippen LogP contribution in [-0.4, -0.2) is 22.8 Å². The summed E-state index contributed by atoms with van der Waals surface area (Å²) < 4.78 is 0. The lowest BCUT2D eigenvalue weighted by atomic mass is 10.1. The molecule has 0 atom stereocenters. The number of nitrogens with zero attached hydrogens (tertiary/aromatic N) is 2. The third kappa shape index (κ3) is 3.40. The quantitative estimate of drug-likeness (QED) is 0.885. The van der Waals surface area contributed by atoms with Crippen molar-refractivity contribution in [2.45, 2.75) is 6.54 Å². The minimum absolute atomic E-state index is 0.207. The molecule has 2 N–H and O–H groups in total. The van der Waals surface area contributed by atoms with Crippen LogP contribution in [0.2, 0.25) is 10.2 Å². The molecule has 2 aromatic rings. The fourth-order valence-corrected chi connectivity index (χ4v) is 2.05. The van der Waals surface area contributed by atoms with Gasteiger partial charge in [0.1, 0.15) is 5.15 Å². The molecule has 6 heteroatoms. The number of nitrogens with two attached hydrogens (primary N) is 1. The summed E-state index contributed by atoms with van der Waals surface area (Å²) in [6.45, 7) is 0.454. The minimum atomic E-state index is -0.207. The summed E-state index contributed by atoms with van der Waals surface area (Å²) >= 11 is 11.6. The number of rotatable bonds is 3. The number of benzene rings is 1. The first kappa shape index (κ1) is 14.6. The molecule has 0 unspecified atom stereocenters. The van der Waals surface area contributed by atoms with Crippen LogP contribution in [0.15, 0.2) is 36.5 Å². The van der Waals surface area contributed by atoms with Gasteiger partial charge in [-0.15, -0.1) is 0 Å². The Balaban J connectivity index is 2.16. The highest BCUT2D eigenvalue weighted by Crippen LogP contribution is 2.18. The molecule has 1 aromatic carbocycles. The van der Waals surface area contributed by atoms with Gasteiger partial charge in [-0.25, -0.2) is 4.98 Å². The molecule has 0 aliphatic carbocycles. The average Bonchev–Trinajstić information content (AvgIpc) is 2.43. The first-order valence-electron chi connectivity index (χ1n) is 5.88. The second kappa shape index (κ2) is 6.11. The number of carbonyl (C=O) groups is 1. The van der Waals surface area contributed by atoms with Crippen LogP contribution in [0.1, 0.15) is 15.9 Å². The van der Waals surface area contributed by atoms with E-state index in [1.807, 2.05) is 12.1 Å². The van der Waals surface area contributed by atoms with Crippen molar-refractivity contribution in [3.8, 4) is 0 Å². The lowest BCUT2D eigenvalue weighted by molar-refractivity contribution is 0.0786. The van der Waals surface area contributed by atoms with E-state index in [0.29, 0.717) is 22.8 Å². The molecule has 0 aliphatic rings. The molecule has 1 aromatic heterocycles. The van der Waals surface area contributed by atoms with Crippen molar-refractivity contribution >= 4 is 34.8 Å². The zero-order valence-electron chi connectivity index (χ0n) is 10.8. The van der Waals surface area contributed by atoms with Gasteiger partial charge in [0, 0.05) is 18.6 Å². The molecular weight excluding hydrogens is 297 g/mol. The molecule has 0 spiro atoms. The first-order valence-corrected chi connectivity index (χ1v) is 6.64. The largest absolute Gasteiger partial charge is 0.397 e. The Kier molecular flexibility index (Phi) is 4.47. The third-order valence-electron chi connectivity index (χ3n) is 2.81. The molecule has 0 radical (unpaired) electrons. The van der Waals surface area contributed by atoms with Crippen molar-refractivity contribution in [3.05, 3.63) is 57.8 Å². The Morgan fingerprint density at radius 1 is 1.30 bits per heavy atom. The molecule has 1 amide bonds. The highest BCUT2D eigenvalue weighted by molar-refractivity contribution is 6.30. The Hall–Kier alpha value is -1.78. The molecule has 20 heavy (non-hydrogen) atoms. The predicted molar refractivity (Wildman–Crippen MR) is 80.9 cm³/mol. The molecule has 4 nitrogen and oxygen atoms in total. The lowest BCUT2D eigenvalue weighted by Gasteiger charge is -2.18. The molecule has 0 saturated heterocycles. The van der Waals surface area contributed by atoms with Gasteiger partial charge in [-0.3, -0.25) is 4.79 Å². The van der Waals surface area contributed by atoms with Gasteiger partial charge in [-0.1, -0.05) is 35.3 Å². The molecule has 1 heterocycles. The van der Waals surface area contributed by atoms with E-state index in [0.717, 1.165) is 5.56 Å². The van der Waals surface area contributed by atoms with Crippen LogP contribution in [0, 0.1) is 0 Å². The average molecular weight is 310 g/mol. The summed E-state index contributed by atoms with van der Waals surface area (Å²) in [7, 11) is 1.70. The Bertz CT molecular complexity index is 629. The van der Waals surface area contributed by atoms with Gasteiger partial charge in [0.2, 0.25) is 0 Å². The van der Waals surface area contributed by atoms with Gasteiger partial charge < -0.3 is 10.6 Å². The van der Waals surface area contributed by atoms with Crippen LogP contribution in [0.5, 0.6) is 0 Å². The van der Waals surface area contributed by atoms with Gasteiger partial charge >= 0.3 is 0 Å². The second-order valence-corrected chi connectivity index (χ2v) is 5.21. The Labute approximate surface area is 127 Å². The van der Waals surface area contributed by atoms with E-state index in [-0.39, 0.29) is 11.1 Å². The number of halogens is 2. The fourth-order valence-electron chi connectivity index (χ4n) is 1.77. The van der Waals surface area contributed by atoms with Crippen molar-refractivity contribution in [2.24, 2.45) is 0 Å². The van der Waals surface area contributed by atoms with Crippen molar-refractivity contribution in [1.82, 2.24) is 9.88 Å². The summed E-state index contributed by atoms with van der Waals surface area (Å²) in [5.41, 5.74) is 7.39. The van der Waals surface area contributed by atoms with Crippen molar-refractivity contribution in [3.63, 3.8) is 0 Å². The van der Waals surface area contributed by atoms with Gasteiger partial charge in [0.15, 0.2) is 0 Å². The number of nitrogen functional groups attached to an aromatic ring is 1. The lowest BCUT2D eigenvalue weighted by Crippen LogP contribution is -2.27. The number of carbonyl (C=O) groups excluding carboxylic acids is 1. The Morgan fingerprint density at radius 3 is 2.60 bits per heavy atom. The zero-order chi connectivity index (χ0) is 14.7. The van der Waals surface area contributed by atoms with Gasteiger partial charge in [-0.05, 0) is 23.8 Å². The first-order chi connectivity index (χ1) is 9.47. The van der Waals surface area contributed by atoms with Crippen LogP contribution in [-0.2, 0) is 6.54 Å². The summed E-state index contributed by atoms with van der Waals surface area (Å²) in [6, 6.07) is 8.78. The Morgan fingerprint density at radius 2 is 1.95 bits per heavy atom. The standard InChI is InChI=1S/C14H13Cl2N3O/c1-19(8-9-2-4-10(15)5-3-9)14(20)11-6-13(16)18-7-12(11)17/h2-7H,8,17H2,1H3. The van der Waals surface area contributed by atoms with Crippen molar-refractivity contribution < 1.29 is 4.79 Å². The van der Waals surface area contributed by atoms with Crippen LogP contribution in [0.4, 0.5) is 5.69 Å². The number of aromatic nitrogens is 1. The van der Waals surface area contributed by atoms with E-state index in [4.69, 9.17) is 28.9 Å². The van der Waals surface area contributed by atoms with Crippen LogP contribution < -0.4 is 5.73 Å². The SMILES string of the molecule is CN(Cc1ccc(Cl)cc1)C(=O)c1cc(Cl)ncc1N. The molecular formula is C14H13Cl2N3O. The molecule has 0 aliphatic heterocycles. The molecule has 0 saturated carbocycles. The summed E-state index contributed by atoms with van der Waals surface area (Å²) in [5, 5.41) is 0.898. The van der Waals surface area contributed by atoms with Crippen LogP contribution >= 0.6 is 23.2 Å². The van der Waals surface area contributed by atoms with E-state index in [9.17, 15) is 4.79 Å². The minimum Gasteiger partial charge on any atom is -0.397 e. The highest BCUT2D eigenvalue weighted by Gasteiger charge is 2.16. The van der Waals surface area contributed by atoms with Crippen molar-refractivity contribution in [1.29, 1.82) is 0 Å². The molecule has 104 valence electrons. The highest BCUT2D eigenvalue weighted by atomic mass is 35.5. The number of amides is 1. The van der Waals surface area contributed by atoms with Crippen LogP contribution in [0.3, 0.4) is 0 Å². The molecule has 0 bridgehead atoms. The van der Waals surface area contributed by atoms with E-state index in [1.54, 1.807) is 24.1 Å². The van der Waals surface area contributed by atoms with E-state index in [1.165, 1.54) is 12.3 Å². The summed E-state index contributed by atoms with van der Waals surface area (Å²) in [5.74, 6) is -0.207. The van der Waals surface area contributed by atoms with E-state index < -0.39 is 0 Å².